The third-order valence-corrected chi connectivity index (χ3v) is 3.31. The van der Waals surface area contributed by atoms with Crippen molar-refractivity contribution in [1.82, 2.24) is 9.55 Å². The van der Waals surface area contributed by atoms with Gasteiger partial charge in [-0.1, -0.05) is 6.04 Å². The first kappa shape index (κ1) is 8.71. The Hall–Kier alpha value is -2.50. The highest BCUT2D eigenvalue weighted by Crippen LogP contribution is 2.24. The fourth-order valence-electron chi connectivity index (χ4n) is 2.34. The molecule has 2 aromatic rings. The average molecular weight is 290 g/mol. The summed E-state index contributed by atoms with van der Waals surface area (Å²) in [6.45, 7) is -0.513. The summed E-state index contributed by atoms with van der Waals surface area (Å²) in [5.41, 5.74) is 5.06. The van der Waals surface area contributed by atoms with E-state index in [0.717, 1.165) is 4.57 Å². The Morgan fingerprint density at radius 2 is 2.29 bits per heavy atom. The normalized spacial score (nSPS) is 28.5. The van der Waals surface area contributed by atoms with Gasteiger partial charge in [0.15, 0.2) is 5.78 Å². The lowest BCUT2D eigenvalue weighted by atomic mass is 9.92. The van der Waals surface area contributed by atoms with Gasteiger partial charge in [-0.3, -0.25) is 19.0 Å². The van der Waals surface area contributed by atoms with E-state index in [1.54, 1.807) is 0 Å². The Morgan fingerprint density at radius 1 is 1.48 bits per heavy atom. The number of nitrogens with zero attached hydrogens (tertiary/aromatic N) is 2. The molecule has 1 aliphatic rings. The molecule has 2 unspecified atom stereocenters. The van der Waals surface area contributed by atoms with Crippen molar-refractivity contribution in [3.63, 3.8) is 0 Å². The average Bonchev–Trinajstić information content (AvgIpc) is 2.54. The zero-order valence-corrected chi connectivity index (χ0v) is 10.9. The van der Waals surface area contributed by atoms with Crippen molar-refractivity contribution >= 4 is 28.2 Å². The number of benzene rings is 1. The van der Waals surface area contributed by atoms with E-state index in [2.05, 4.69) is 4.98 Å². The van der Waals surface area contributed by atoms with Gasteiger partial charge in [0.1, 0.15) is 11.6 Å². The minimum atomic E-state index is -2.61. The number of fused-ring (bicyclic) bond motifs is 1. The van der Waals surface area contributed by atoms with E-state index >= 15 is 0 Å². The van der Waals surface area contributed by atoms with Crippen LogP contribution in [0.4, 0.5) is 5.69 Å². The van der Waals surface area contributed by atoms with Gasteiger partial charge in [-0.05, 0) is 25.4 Å². The highest BCUT2D eigenvalue weighted by molar-refractivity contribution is 6.03. The van der Waals surface area contributed by atoms with Crippen LogP contribution in [0.3, 0.4) is 0 Å². The van der Waals surface area contributed by atoms with Crippen LogP contribution in [0.2, 0.25) is 0 Å². The summed E-state index contributed by atoms with van der Waals surface area (Å²) in [6.07, 6.45) is -5.20. The first-order valence-corrected chi connectivity index (χ1v) is 6.18. The van der Waals surface area contributed by atoms with Gasteiger partial charge in [0.2, 0.25) is 0 Å². The van der Waals surface area contributed by atoms with Crippen molar-refractivity contribution in [2.45, 2.75) is 32.1 Å². The van der Waals surface area contributed by atoms with E-state index in [1.807, 2.05) is 0 Å². The number of hydrogen-bond acceptors (Lipinski definition) is 5. The Morgan fingerprint density at radius 3 is 3.05 bits per heavy atom. The van der Waals surface area contributed by atoms with Gasteiger partial charge in [-0.2, -0.15) is 0 Å². The fourth-order valence-corrected chi connectivity index (χ4v) is 2.34. The number of rotatable bonds is 1. The molecule has 6 nitrogen and oxygen atoms in total. The number of anilines is 1. The maximum Gasteiger partial charge on any atom is 0.264 e. The summed E-state index contributed by atoms with van der Waals surface area (Å²) >= 11 is 0. The predicted octanol–water partition coefficient (Wildman–Crippen LogP) is 1.15. The van der Waals surface area contributed by atoms with Crippen molar-refractivity contribution in [2.24, 2.45) is 0 Å². The molecule has 1 aliphatic carbocycles. The number of Topliss-reactive ketones (excluding diaryl/α,β-unsaturated/α-hetero) is 2. The molecule has 0 spiro atoms. The van der Waals surface area contributed by atoms with E-state index in [-0.39, 0.29) is 28.5 Å². The second kappa shape index (κ2) is 4.80. The van der Waals surface area contributed by atoms with Gasteiger partial charge in [-0.15, -0.1) is 0 Å². The number of ketones is 2. The van der Waals surface area contributed by atoms with Crippen LogP contribution in [-0.2, 0) is 9.59 Å². The first-order valence-electron chi connectivity index (χ1n) is 8.96. The highest BCUT2D eigenvalue weighted by atomic mass is 16.2. The van der Waals surface area contributed by atoms with Gasteiger partial charge in [0, 0.05) is 17.5 Å². The number of nitrogens with two attached hydrogens (primary N) is 1. The third-order valence-electron chi connectivity index (χ3n) is 3.31. The van der Waals surface area contributed by atoms with Crippen molar-refractivity contribution in [1.29, 1.82) is 0 Å². The molecule has 1 aromatic carbocycles. The van der Waals surface area contributed by atoms with Crippen LogP contribution < -0.4 is 11.3 Å². The van der Waals surface area contributed by atoms with Crippen molar-refractivity contribution in [3.05, 3.63) is 34.4 Å². The largest absolute Gasteiger partial charge is 0.398 e. The molecule has 0 bridgehead atoms. The monoisotopic (exact) mass is 290 g/mol. The minimum Gasteiger partial charge on any atom is -0.398 e. The Labute approximate surface area is 127 Å². The van der Waals surface area contributed by atoms with Crippen LogP contribution >= 0.6 is 0 Å². The molecule has 6 heteroatoms. The molecule has 21 heavy (non-hydrogen) atoms. The lowest BCUT2D eigenvalue weighted by Crippen LogP contribution is -2.36. The summed E-state index contributed by atoms with van der Waals surface area (Å²) < 4.78 is 39.7. The summed E-state index contributed by atoms with van der Waals surface area (Å²) in [7, 11) is 0. The Balaban J connectivity index is 2.34. The molecule has 3 rings (SSSR count). The topological polar surface area (TPSA) is 95.0 Å². The molecule has 1 fully saturated rings. The molecule has 108 valence electrons. The van der Waals surface area contributed by atoms with Gasteiger partial charge >= 0.3 is 0 Å². The van der Waals surface area contributed by atoms with Gasteiger partial charge in [0.25, 0.3) is 5.56 Å². The second-order valence-electron chi connectivity index (χ2n) is 4.70. The molecule has 0 radical (unpaired) electrons. The predicted molar refractivity (Wildman–Crippen MR) is 78.1 cm³/mol. The molecule has 1 heterocycles. The van der Waals surface area contributed by atoms with Gasteiger partial charge < -0.3 is 5.73 Å². The van der Waals surface area contributed by atoms with Gasteiger partial charge in [0.05, 0.1) is 24.7 Å². The van der Waals surface area contributed by atoms with Crippen molar-refractivity contribution in [2.75, 3.05) is 5.73 Å². The van der Waals surface area contributed by atoms with Crippen molar-refractivity contribution < 1.29 is 16.4 Å². The third kappa shape index (κ3) is 2.12. The maximum atomic E-state index is 13.0. The smallest absolute Gasteiger partial charge is 0.264 e. The molecule has 1 saturated carbocycles. The maximum absolute atomic E-state index is 13.0. The zero-order valence-electron chi connectivity index (χ0n) is 15.9. The van der Waals surface area contributed by atoms with Crippen LogP contribution in [0.1, 0.15) is 37.9 Å². The standard InChI is InChI=1S/C15H15N3O3/c1-8-17-11-4-2-3-10(16)14(11)15(21)18(8)12-6-5-9(19)7-13(12)20/h2-4,12H,5-7,16H2,1H3/i1D,2D,5D2,6D. The molecule has 0 amide bonds. The molecule has 0 saturated heterocycles. The number of carbonyl (C=O) groups is 2. The lowest BCUT2D eigenvalue weighted by Gasteiger charge is -2.24. The highest BCUT2D eigenvalue weighted by Gasteiger charge is 2.30. The number of hydrogen-bond donors (Lipinski definition) is 1. The van der Waals surface area contributed by atoms with E-state index in [4.69, 9.17) is 12.6 Å². The van der Waals surface area contributed by atoms with E-state index in [9.17, 15) is 14.4 Å². The molecule has 2 atom stereocenters. The summed E-state index contributed by atoms with van der Waals surface area (Å²) in [5.74, 6) is -1.95. The van der Waals surface area contributed by atoms with Gasteiger partial charge in [-0.25, -0.2) is 4.98 Å². The molecular weight excluding hydrogens is 270 g/mol. The lowest BCUT2D eigenvalue weighted by molar-refractivity contribution is -0.132. The van der Waals surface area contributed by atoms with E-state index in [0.29, 0.717) is 0 Å². The quantitative estimate of drug-likeness (QED) is 0.628. The SMILES string of the molecule is [2H]Cc1nc2cc([2H])cc(N)c2c(=O)n1C1C(=O)CC(=O)C([2H])([2H])C1[2H]. The summed E-state index contributed by atoms with van der Waals surface area (Å²) in [5, 5.41) is -0.0735. The zero-order chi connectivity index (χ0) is 19.4. The Kier molecular flexibility index (Phi) is 1.99. The number of carbonyl (C=O) groups excluding carboxylic acids is 2. The van der Waals surface area contributed by atoms with E-state index < -0.39 is 49.3 Å². The Bertz CT molecular complexity index is 1000. The van der Waals surface area contributed by atoms with Crippen LogP contribution in [-0.4, -0.2) is 21.1 Å². The second-order valence-corrected chi connectivity index (χ2v) is 4.70. The van der Waals surface area contributed by atoms with Crippen LogP contribution in [0, 0.1) is 6.90 Å². The van der Waals surface area contributed by atoms with Crippen LogP contribution in [0.15, 0.2) is 23.0 Å². The summed E-state index contributed by atoms with van der Waals surface area (Å²) in [4.78, 5) is 41.2. The number of nitrogen functional groups attached to an aromatic ring is 1. The minimum absolute atomic E-state index is 0.0182. The summed E-state index contributed by atoms with van der Waals surface area (Å²) in [6, 6.07) is 0.965. The molecule has 2 N–H and O–H groups in total. The van der Waals surface area contributed by atoms with Crippen LogP contribution in [0.25, 0.3) is 10.9 Å². The number of aryl methyl sites for hydroxylation is 1. The first-order chi connectivity index (χ1) is 12.1. The molecule has 0 aliphatic heterocycles. The van der Waals surface area contributed by atoms with Crippen LogP contribution in [0.5, 0.6) is 0 Å². The molecular formula is C15H15N3O3. The number of aromatic nitrogens is 2. The molecule has 1 aromatic heterocycles. The fraction of sp³-hybridized carbons (Fsp3) is 0.333. The van der Waals surface area contributed by atoms with Crippen molar-refractivity contribution in [3.8, 4) is 0 Å². The van der Waals surface area contributed by atoms with E-state index in [1.165, 1.54) is 12.1 Å².